The molecule has 4 nitrogen and oxygen atoms in total. The summed E-state index contributed by atoms with van der Waals surface area (Å²) in [6.45, 7) is 15.1. The molecule has 1 aliphatic heterocycles. The van der Waals surface area contributed by atoms with E-state index in [-0.39, 0.29) is 12.0 Å². The number of phenols is 1. The number of hydrogen-bond acceptors (Lipinski definition) is 3. The van der Waals surface area contributed by atoms with Crippen molar-refractivity contribution < 1.29 is 9.53 Å². The molecule has 0 aliphatic carbocycles. The normalized spacial score (nSPS) is 17.7. The Morgan fingerprint density at radius 3 is 2.19 bits per heavy atom. The quantitative estimate of drug-likeness (QED) is 0.379. The van der Waals surface area contributed by atoms with Gasteiger partial charge in [-0.15, -0.1) is 0 Å². The van der Waals surface area contributed by atoms with Gasteiger partial charge in [0.1, 0.15) is 12.0 Å². The lowest BCUT2D eigenvalue weighted by Gasteiger charge is -2.48. The highest BCUT2D eigenvalue weighted by molar-refractivity contribution is 6.77. The van der Waals surface area contributed by atoms with E-state index in [4.69, 9.17) is 27.6 Å². The molecule has 3 rings (SSSR count). The number of nitrogens with zero attached hydrogens (tertiary/aromatic N) is 2. The van der Waals surface area contributed by atoms with Crippen LogP contribution in [0.3, 0.4) is 0 Å². The van der Waals surface area contributed by atoms with E-state index >= 15 is 0 Å². The molecule has 0 saturated carbocycles. The van der Waals surface area contributed by atoms with Crippen molar-refractivity contribution in [1.29, 1.82) is 0 Å². The van der Waals surface area contributed by atoms with Crippen LogP contribution in [0.2, 0.25) is 26.7 Å². The number of benzene rings is 1. The molecule has 1 aromatic heterocycles. The molecule has 1 aliphatic rings. The summed E-state index contributed by atoms with van der Waals surface area (Å²) < 4.78 is 9.38. The first kappa shape index (κ1) is 25.5. The fourth-order valence-corrected chi connectivity index (χ4v) is 11.7. The van der Waals surface area contributed by atoms with Crippen LogP contribution in [-0.2, 0) is 10.8 Å². The van der Waals surface area contributed by atoms with Crippen molar-refractivity contribution in [2.24, 2.45) is 0 Å². The average Bonchev–Trinajstić information content (AvgIpc) is 3.16. The average molecular weight is 498 g/mol. The van der Waals surface area contributed by atoms with Crippen LogP contribution < -0.4 is 5.01 Å². The maximum atomic E-state index is 9.71. The van der Waals surface area contributed by atoms with Gasteiger partial charge in [0.25, 0.3) is 0 Å². The number of piperidine rings is 1. The third-order valence-corrected chi connectivity index (χ3v) is 13.8. The molecule has 178 valence electrons. The molecule has 1 fully saturated rings. The first-order valence-electron chi connectivity index (χ1n) is 11.8. The fourth-order valence-electron chi connectivity index (χ4n) is 5.57. The van der Waals surface area contributed by atoms with Crippen LogP contribution in [-0.4, -0.2) is 30.9 Å². The van der Waals surface area contributed by atoms with Gasteiger partial charge in [0.15, 0.2) is 0 Å². The topological polar surface area (TPSA) is 37.6 Å². The molecule has 7 heteroatoms. The second-order valence-electron chi connectivity index (χ2n) is 10.0. The maximum absolute atomic E-state index is 9.71. The summed E-state index contributed by atoms with van der Waals surface area (Å²) in [7, 11) is -1.98. The summed E-state index contributed by atoms with van der Waals surface area (Å²) in [5.74, 6) is 0.0859. The Hall–Kier alpha value is -1.14. The van der Waals surface area contributed by atoms with E-state index in [0.717, 1.165) is 24.1 Å². The molecular weight excluding hydrogens is 459 g/mol. The van der Waals surface area contributed by atoms with Crippen LogP contribution in [0.1, 0.15) is 71.9 Å². The van der Waals surface area contributed by atoms with Crippen molar-refractivity contribution in [3.8, 4) is 5.75 Å². The summed E-state index contributed by atoms with van der Waals surface area (Å²) in [5.41, 5.74) is 3.64. The molecule has 2 heterocycles. The lowest BCUT2D eigenvalue weighted by molar-refractivity contribution is 0.115. The number of phenolic OH excluding ortho intramolecular Hbond substituents is 1. The number of aromatic hydroxyl groups is 1. The first-order chi connectivity index (χ1) is 15.1. The Morgan fingerprint density at radius 2 is 1.62 bits per heavy atom. The molecule has 1 saturated heterocycles. The van der Waals surface area contributed by atoms with Gasteiger partial charge in [-0.2, -0.15) is 0 Å². The molecule has 0 radical (unpaired) electrons. The largest absolute Gasteiger partial charge is 0.508 e. The minimum absolute atomic E-state index is 0.0859. The van der Waals surface area contributed by atoms with Crippen LogP contribution in [0.5, 0.6) is 5.75 Å². The Kier molecular flexibility index (Phi) is 8.29. The highest BCUT2D eigenvalue weighted by atomic mass is 35.5. The van der Waals surface area contributed by atoms with Crippen molar-refractivity contribution >= 4 is 31.5 Å². The van der Waals surface area contributed by atoms with Crippen LogP contribution in [0.4, 0.5) is 0 Å². The second kappa shape index (κ2) is 10.4. The smallest absolute Gasteiger partial charge is 0.203 e. The number of halogens is 2. The van der Waals surface area contributed by atoms with Crippen molar-refractivity contribution in [3.63, 3.8) is 0 Å². The summed E-state index contributed by atoms with van der Waals surface area (Å²) in [6.07, 6.45) is 8.42. The highest BCUT2D eigenvalue weighted by Crippen LogP contribution is 2.44. The summed E-state index contributed by atoms with van der Waals surface area (Å²) in [4.78, 5) is 0. The van der Waals surface area contributed by atoms with Gasteiger partial charge in [0, 0.05) is 35.4 Å². The van der Waals surface area contributed by atoms with Crippen molar-refractivity contribution in [2.75, 3.05) is 11.6 Å². The molecule has 32 heavy (non-hydrogen) atoms. The van der Waals surface area contributed by atoms with Gasteiger partial charge in [0.05, 0.1) is 0 Å². The third-order valence-electron chi connectivity index (χ3n) is 7.01. The Labute approximate surface area is 204 Å². The predicted octanol–water partition coefficient (Wildman–Crippen LogP) is 7.73. The molecular formula is C25H38Cl2N2O2Si. The van der Waals surface area contributed by atoms with E-state index < -0.39 is 8.32 Å². The fraction of sp³-hybridized carbons (Fsp3) is 0.600. The van der Waals surface area contributed by atoms with E-state index in [1.807, 2.05) is 0 Å². The Morgan fingerprint density at radius 1 is 1.03 bits per heavy atom. The predicted molar refractivity (Wildman–Crippen MR) is 138 cm³/mol. The Bertz CT molecular complexity index is 868. The van der Waals surface area contributed by atoms with Crippen LogP contribution >= 0.6 is 23.2 Å². The van der Waals surface area contributed by atoms with Crippen LogP contribution in [0, 0.1) is 0 Å². The minimum atomic E-state index is -1.98. The zero-order valence-electron chi connectivity index (χ0n) is 20.2. The number of aromatic nitrogens is 1. The van der Waals surface area contributed by atoms with E-state index in [1.165, 1.54) is 12.8 Å². The van der Waals surface area contributed by atoms with Gasteiger partial charge in [-0.3, -0.25) is 9.69 Å². The van der Waals surface area contributed by atoms with Gasteiger partial charge < -0.3 is 9.53 Å². The molecule has 1 atom stereocenters. The molecule has 0 spiro atoms. The van der Waals surface area contributed by atoms with Crippen molar-refractivity contribution in [2.45, 2.75) is 90.1 Å². The zero-order chi connectivity index (χ0) is 23.6. The van der Waals surface area contributed by atoms with Crippen molar-refractivity contribution in [1.82, 2.24) is 4.68 Å². The van der Waals surface area contributed by atoms with E-state index in [0.29, 0.717) is 33.1 Å². The lowest BCUT2D eigenvalue weighted by Crippen LogP contribution is -2.57. The highest BCUT2D eigenvalue weighted by Gasteiger charge is 2.47. The SMILES string of the molecule is CC(C)[Si](O[C@@H]1CCCCN1n1ccc(Cc2c(Cl)cc(O)cc2Cl)c1)(C(C)C)C(C)C. The van der Waals surface area contributed by atoms with E-state index in [2.05, 4.69) is 69.7 Å². The van der Waals surface area contributed by atoms with Gasteiger partial charge in [-0.25, -0.2) is 0 Å². The standard InChI is InChI=1S/C25H38Cl2N2O2Si/c1-17(2)32(18(3)4,19(5)6)31-25-9-7-8-11-29(25)28-12-10-20(16-28)13-22-23(26)14-21(30)15-24(22)27/h10,12,14-19,25,30H,7-9,11,13H2,1-6H3/t25-/m1/s1. The molecule has 2 aromatic rings. The van der Waals surface area contributed by atoms with Gasteiger partial charge in [-0.05, 0) is 65.2 Å². The van der Waals surface area contributed by atoms with Gasteiger partial charge >= 0.3 is 0 Å². The first-order valence-corrected chi connectivity index (χ1v) is 14.7. The number of rotatable bonds is 8. The zero-order valence-corrected chi connectivity index (χ0v) is 22.7. The second-order valence-corrected chi connectivity index (χ2v) is 16.2. The van der Waals surface area contributed by atoms with Crippen LogP contribution in [0.15, 0.2) is 30.6 Å². The van der Waals surface area contributed by atoms with Crippen molar-refractivity contribution in [3.05, 3.63) is 51.8 Å². The third kappa shape index (κ3) is 5.16. The lowest BCUT2D eigenvalue weighted by atomic mass is 10.1. The summed E-state index contributed by atoms with van der Waals surface area (Å²) >= 11 is 12.7. The van der Waals surface area contributed by atoms with Crippen LogP contribution in [0.25, 0.3) is 0 Å². The summed E-state index contributed by atoms with van der Waals surface area (Å²) in [6, 6.07) is 5.20. The Balaban J connectivity index is 1.85. The van der Waals surface area contributed by atoms with Gasteiger partial charge in [-0.1, -0.05) is 64.7 Å². The molecule has 1 aromatic carbocycles. The summed E-state index contributed by atoms with van der Waals surface area (Å²) in [5, 5.41) is 13.1. The minimum Gasteiger partial charge on any atom is -0.508 e. The van der Waals surface area contributed by atoms with Gasteiger partial charge in [0.2, 0.25) is 8.32 Å². The molecule has 0 bridgehead atoms. The molecule has 1 N–H and O–H groups in total. The monoisotopic (exact) mass is 496 g/mol. The van der Waals surface area contributed by atoms with E-state index in [9.17, 15) is 5.11 Å². The molecule has 0 amide bonds. The molecule has 0 unspecified atom stereocenters. The maximum Gasteiger partial charge on any atom is 0.203 e. The number of hydrogen-bond donors (Lipinski definition) is 1. The van der Waals surface area contributed by atoms with E-state index in [1.54, 1.807) is 12.1 Å².